The zero-order valence-corrected chi connectivity index (χ0v) is 13.7. The molecule has 2 rings (SSSR count). The zero-order chi connectivity index (χ0) is 15.2. The molecule has 1 aliphatic heterocycles. The lowest BCUT2D eigenvalue weighted by atomic mass is 10.0. The Morgan fingerprint density at radius 2 is 2.24 bits per heavy atom. The molecule has 5 heteroatoms. The maximum Gasteiger partial charge on any atom is 0.179 e. The van der Waals surface area contributed by atoms with Gasteiger partial charge in [0.2, 0.25) is 0 Å². The molecule has 0 amide bonds. The van der Waals surface area contributed by atoms with Crippen LogP contribution in [0.4, 0.5) is 5.69 Å². The summed E-state index contributed by atoms with van der Waals surface area (Å²) in [5.74, 6) is 1.98. The number of piperidine rings is 1. The van der Waals surface area contributed by atoms with Gasteiger partial charge in [-0.2, -0.15) is 0 Å². The third-order valence-corrected chi connectivity index (χ3v) is 4.14. The molecule has 1 fully saturated rings. The highest BCUT2D eigenvalue weighted by molar-refractivity contribution is 6.32. The SMILES string of the molecule is COc1cc(N)cc(Cl)c1OCCCN1CCC[C@H](C)C1. The van der Waals surface area contributed by atoms with Crippen LogP contribution in [-0.4, -0.2) is 38.3 Å². The molecule has 0 spiro atoms. The molecular weight excluding hydrogens is 288 g/mol. The number of hydrogen-bond acceptors (Lipinski definition) is 4. The Morgan fingerprint density at radius 1 is 1.43 bits per heavy atom. The molecule has 0 bridgehead atoms. The number of anilines is 1. The molecule has 2 N–H and O–H groups in total. The number of ether oxygens (including phenoxy) is 2. The van der Waals surface area contributed by atoms with Crippen molar-refractivity contribution in [3.63, 3.8) is 0 Å². The number of nitrogen functional groups attached to an aromatic ring is 1. The minimum atomic E-state index is 0.499. The van der Waals surface area contributed by atoms with Gasteiger partial charge in [-0.05, 0) is 37.8 Å². The Labute approximate surface area is 132 Å². The van der Waals surface area contributed by atoms with E-state index in [9.17, 15) is 0 Å². The molecule has 21 heavy (non-hydrogen) atoms. The average molecular weight is 313 g/mol. The van der Waals surface area contributed by atoms with Gasteiger partial charge >= 0.3 is 0 Å². The standard InChI is InChI=1S/C16H25ClN2O2/c1-12-5-3-6-19(11-12)7-4-8-21-16-14(17)9-13(18)10-15(16)20-2/h9-10,12H,3-8,11,18H2,1-2H3/t12-/m0/s1. The largest absolute Gasteiger partial charge is 0.493 e. The quantitative estimate of drug-likeness (QED) is 0.646. The summed E-state index contributed by atoms with van der Waals surface area (Å²) in [6, 6.07) is 3.42. The predicted octanol–water partition coefficient (Wildman–Crippen LogP) is 3.43. The Kier molecular flexibility index (Phi) is 6.00. The number of halogens is 1. The smallest absolute Gasteiger partial charge is 0.179 e. The van der Waals surface area contributed by atoms with Crippen LogP contribution in [0.1, 0.15) is 26.2 Å². The number of benzene rings is 1. The fourth-order valence-corrected chi connectivity index (χ4v) is 3.11. The number of nitrogens with zero attached hydrogens (tertiary/aromatic N) is 1. The van der Waals surface area contributed by atoms with Gasteiger partial charge in [0.15, 0.2) is 11.5 Å². The maximum atomic E-state index is 6.16. The van der Waals surface area contributed by atoms with Crippen LogP contribution in [0, 0.1) is 5.92 Å². The monoisotopic (exact) mass is 312 g/mol. The molecule has 4 nitrogen and oxygen atoms in total. The first-order valence-corrected chi connectivity index (χ1v) is 7.96. The Hall–Kier alpha value is -1.13. The van der Waals surface area contributed by atoms with Crippen molar-refractivity contribution < 1.29 is 9.47 Å². The molecular formula is C16H25ClN2O2. The first-order valence-electron chi connectivity index (χ1n) is 7.58. The van der Waals surface area contributed by atoms with E-state index in [-0.39, 0.29) is 0 Å². The molecule has 0 radical (unpaired) electrons. The Bertz CT molecular complexity index is 468. The highest BCUT2D eigenvalue weighted by atomic mass is 35.5. The van der Waals surface area contributed by atoms with Gasteiger partial charge in [-0.25, -0.2) is 0 Å². The van der Waals surface area contributed by atoms with Gasteiger partial charge in [-0.15, -0.1) is 0 Å². The zero-order valence-electron chi connectivity index (χ0n) is 12.9. The van der Waals surface area contributed by atoms with Gasteiger partial charge in [0.1, 0.15) is 0 Å². The van der Waals surface area contributed by atoms with E-state index in [1.165, 1.54) is 25.9 Å². The Balaban J connectivity index is 1.81. The van der Waals surface area contributed by atoms with Crippen LogP contribution in [-0.2, 0) is 0 Å². The molecule has 1 heterocycles. The summed E-state index contributed by atoms with van der Waals surface area (Å²) in [7, 11) is 1.59. The highest BCUT2D eigenvalue weighted by Crippen LogP contribution is 2.37. The van der Waals surface area contributed by atoms with Crippen LogP contribution in [0.5, 0.6) is 11.5 Å². The van der Waals surface area contributed by atoms with Crippen molar-refractivity contribution >= 4 is 17.3 Å². The second-order valence-electron chi connectivity index (χ2n) is 5.78. The van der Waals surface area contributed by atoms with Crippen LogP contribution in [0.25, 0.3) is 0 Å². The molecule has 118 valence electrons. The first-order chi connectivity index (χ1) is 10.1. The van der Waals surface area contributed by atoms with E-state index < -0.39 is 0 Å². The van der Waals surface area contributed by atoms with Crippen molar-refractivity contribution in [1.29, 1.82) is 0 Å². The normalized spacial score (nSPS) is 19.5. The molecule has 1 aliphatic rings. The lowest BCUT2D eigenvalue weighted by Crippen LogP contribution is -2.35. The summed E-state index contributed by atoms with van der Waals surface area (Å²) in [4.78, 5) is 2.51. The molecule has 0 saturated carbocycles. The number of rotatable bonds is 6. The summed E-state index contributed by atoms with van der Waals surface area (Å²) in [6.45, 7) is 6.42. The number of nitrogens with two attached hydrogens (primary N) is 1. The van der Waals surface area contributed by atoms with Crippen molar-refractivity contribution in [3.05, 3.63) is 17.2 Å². The maximum absolute atomic E-state index is 6.16. The summed E-state index contributed by atoms with van der Waals surface area (Å²) in [6.07, 6.45) is 3.64. The Morgan fingerprint density at radius 3 is 2.95 bits per heavy atom. The number of hydrogen-bond donors (Lipinski definition) is 1. The van der Waals surface area contributed by atoms with Crippen LogP contribution in [0.3, 0.4) is 0 Å². The summed E-state index contributed by atoms with van der Waals surface area (Å²) in [5.41, 5.74) is 6.32. The van der Waals surface area contributed by atoms with Gasteiger partial charge in [0, 0.05) is 24.8 Å². The predicted molar refractivity (Wildman–Crippen MR) is 87.4 cm³/mol. The van der Waals surface area contributed by atoms with E-state index in [1.807, 2.05) is 0 Å². The van der Waals surface area contributed by atoms with E-state index in [4.69, 9.17) is 26.8 Å². The van der Waals surface area contributed by atoms with E-state index in [1.54, 1.807) is 19.2 Å². The number of methoxy groups -OCH3 is 1. The van der Waals surface area contributed by atoms with Crippen LogP contribution < -0.4 is 15.2 Å². The van der Waals surface area contributed by atoms with Gasteiger partial charge in [-0.3, -0.25) is 0 Å². The fourth-order valence-electron chi connectivity index (χ4n) is 2.83. The molecule has 1 atom stereocenters. The van der Waals surface area contributed by atoms with E-state index in [2.05, 4.69) is 11.8 Å². The fraction of sp³-hybridized carbons (Fsp3) is 0.625. The topological polar surface area (TPSA) is 47.7 Å². The van der Waals surface area contributed by atoms with Crippen molar-refractivity contribution in [2.45, 2.75) is 26.2 Å². The first kappa shape index (κ1) is 16.2. The molecule has 0 unspecified atom stereocenters. The lowest BCUT2D eigenvalue weighted by Gasteiger charge is -2.30. The second kappa shape index (κ2) is 7.76. The van der Waals surface area contributed by atoms with Gasteiger partial charge in [0.05, 0.1) is 18.7 Å². The van der Waals surface area contributed by atoms with Gasteiger partial charge in [0.25, 0.3) is 0 Å². The van der Waals surface area contributed by atoms with E-state index in [0.717, 1.165) is 18.9 Å². The van der Waals surface area contributed by atoms with E-state index in [0.29, 0.717) is 28.8 Å². The third-order valence-electron chi connectivity index (χ3n) is 3.86. The molecule has 1 saturated heterocycles. The third kappa shape index (κ3) is 4.68. The van der Waals surface area contributed by atoms with Crippen molar-refractivity contribution in [2.24, 2.45) is 5.92 Å². The van der Waals surface area contributed by atoms with Gasteiger partial charge < -0.3 is 20.1 Å². The molecule has 0 aromatic heterocycles. The van der Waals surface area contributed by atoms with Crippen molar-refractivity contribution in [3.8, 4) is 11.5 Å². The second-order valence-corrected chi connectivity index (χ2v) is 6.19. The molecule has 0 aliphatic carbocycles. The van der Waals surface area contributed by atoms with Crippen molar-refractivity contribution in [1.82, 2.24) is 4.90 Å². The lowest BCUT2D eigenvalue weighted by molar-refractivity contribution is 0.169. The summed E-state index contributed by atoms with van der Waals surface area (Å²) < 4.78 is 11.1. The average Bonchev–Trinajstić information content (AvgIpc) is 2.44. The minimum absolute atomic E-state index is 0.499. The summed E-state index contributed by atoms with van der Waals surface area (Å²) >= 11 is 6.16. The van der Waals surface area contributed by atoms with Crippen molar-refractivity contribution in [2.75, 3.05) is 39.1 Å². The van der Waals surface area contributed by atoms with E-state index >= 15 is 0 Å². The van der Waals surface area contributed by atoms with Gasteiger partial charge in [-0.1, -0.05) is 18.5 Å². The highest BCUT2D eigenvalue weighted by Gasteiger charge is 2.16. The number of likely N-dealkylation sites (tertiary alicyclic amines) is 1. The minimum Gasteiger partial charge on any atom is -0.493 e. The molecule has 1 aromatic rings. The van der Waals surface area contributed by atoms with Crippen LogP contribution in [0.2, 0.25) is 5.02 Å². The van der Waals surface area contributed by atoms with Crippen LogP contribution >= 0.6 is 11.6 Å². The van der Waals surface area contributed by atoms with Crippen LogP contribution in [0.15, 0.2) is 12.1 Å². The molecule has 1 aromatic carbocycles. The summed E-state index contributed by atoms with van der Waals surface area (Å²) in [5, 5.41) is 0.499.